The molecule has 5 rings (SSSR count). The summed E-state index contributed by atoms with van der Waals surface area (Å²) in [7, 11) is -3.58. The molecule has 4 aromatic rings. The second-order valence-corrected chi connectivity index (χ2v) is 14.3. The number of benzene rings is 4. The van der Waals surface area contributed by atoms with E-state index >= 15 is 0 Å². The van der Waals surface area contributed by atoms with Gasteiger partial charge in [0.2, 0.25) is 10.0 Å². The Bertz CT molecular complexity index is 1730. The third-order valence-corrected chi connectivity index (χ3v) is 9.30. The van der Waals surface area contributed by atoms with Crippen LogP contribution in [0.2, 0.25) is 0 Å². The van der Waals surface area contributed by atoms with Gasteiger partial charge in [-0.05, 0) is 79.5 Å². The van der Waals surface area contributed by atoms with Crippen molar-refractivity contribution in [2.75, 3.05) is 30.7 Å². The smallest absolute Gasteiger partial charge is 0.338 e. The van der Waals surface area contributed by atoms with Crippen LogP contribution >= 0.6 is 0 Å². The Balaban J connectivity index is 1.21. The van der Waals surface area contributed by atoms with Gasteiger partial charge < -0.3 is 19.3 Å². The van der Waals surface area contributed by atoms with E-state index in [1.807, 2.05) is 72.8 Å². The summed E-state index contributed by atoms with van der Waals surface area (Å²) in [5, 5.41) is 11.2. The summed E-state index contributed by atoms with van der Waals surface area (Å²) in [5.74, 6) is 0.907. The van der Waals surface area contributed by atoms with Crippen molar-refractivity contribution in [3.8, 4) is 11.5 Å². The van der Waals surface area contributed by atoms with Crippen molar-refractivity contribution >= 4 is 21.7 Å². The number of anilines is 1. The van der Waals surface area contributed by atoms with Crippen molar-refractivity contribution in [3.63, 3.8) is 0 Å². The minimum atomic E-state index is -3.58. The van der Waals surface area contributed by atoms with Crippen LogP contribution < -0.4 is 14.2 Å². The molecule has 49 heavy (non-hydrogen) atoms. The van der Waals surface area contributed by atoms with Crippen molar-refractivity contribution in [2.24, 2.45) is 0 Å². The average molecular weight is 687 g/mol. The zero-order chi connectivity index (χ0) is 34.6. The van der Waals surface area contributed by atoms with Crippen molar-refractivity contribution in [3.05, 3.63) is 125 Å². The lowest BCUT2D eigenvalue weighted by Crippen LogP contribution is -2.43. The molecule has 0 spiro atoms. The quantitative estimate of drug-likeness (QED) is 0.124. The Kier molecular flexibility index (Phi) is 12.7. The molecule has 1 aliphatic rings. The predicted molar refractivity (Wildman–Crippen MR) is 191 cm³/mol. The number of aliphatic hydroxyl groups excluding tert-OH is 1. The van der Waals surface area contributed by atoms with Crippen LogP contribution in [-0.4, -0.2) is 62.6 Å². The molecule has 10 heteroatoms. The first kappa shape index (κ1) is 35.9. The molecule has 0 saturated heterocycles. The fraction of sp³-hybridized carbons (Fsp3) is 0.359. The van der Waals surface area contributed by atoms with Crippen LogP contribution in [-0.2, 0) is 27.9 Å². The lowest BCUT2D eigenvalue weighted by Gasteiger charge is -2.38. The second-order valence-electron chi connectivity index (χ2n) is 12.5. The lowest BCUT2D eigenvalue weighted by atomic mass is 9.81. The molecule has 1 fully saturated rings. The molecule has 0 aliphatic heterocycles. The number of sulfonamides is 1. The maximum Gasteiger partial charge on any atom is 0.338 e. The molecule has 1 unspecified atom stereocenters. The molecule has 1 aliphatic carbocycles. The number of hydrogen-bond donors (Lipinski definition) is 2. The Hall–Kier alpha value is -4.38. The summed E-state index contributed by atoms with van der Waals surface area (Å²) in [5.41, 5.74) is 4.20. The number of rotatable bonds is 16. The summed E-state index contributed by atoms with van der Waals surface area (Å²) in [6.45, 7) is 3.60. The topological polar surface area (TPSA) is 114 Å². The monoisotopic (exact) mass is 686 g/mol. The van der Waals surface area contributed by atoms with Crippen LogP contribution in [0.5, 0.6) is 11.5 Å². The Morgan fingerprint density at radius 1 is 0.878 bits per heavy atom. The van der Waals surface area contributed by atoms with E-state index in [0.29, 0.717) is 42.7 Å². The molecule has 2 N–H and O–H groups in total. The lowest BCUT2D eigenvalue weighted by molar-refractivity contribution is 0.0384. The Morgan fingerprint density at radius 3 is 2.16 bits per heavy atom. The first-order chi connectivity index (χ1) is 23.7. The zero-order valence-corrected chi connectivity index (χ0v) is 29.0. The highest BCUT2D eigenvalue weighted by atomic mass is 32.2. The molecular formula is C39H46N2O7S. The van der Waals surface area contributed by atoms with Gasteiger partial charge in [-0.2, -0.15) is 0 Å². The first-order valence-electron chi connectivity index (χ1n) is 16.8. The van der Waals surface area contributed by atoms with Gasteiger partial charge in [0.05, 0.1) is 24.1 Å². The fourth-order valence-electron chi connectivity index (χ4n) is 6.30. The number of aliphatic hydroxyl groups is 1. The van der Waals surface area contributed by atoms with Crippen molar-refractivity contribution in [1.29, 1.82) is 0 Å². The van der Waals surface area contributed by atoms with Crippen LogP contribution in [0, 0.1) is 0 Å². The van der Waals surface area contributed by atoms with Crippen LogP contribution in [0.1, 0.15) is 65.6 Å². The van der Waals surface area contributed by atoms with Gasteiger partial charge in [-0.15, -0.1) is 0 Å². The van der Waals surface area contributed by atoms with E-state index in [1.165, 1.54) is 11.1 Å². The highest BCUT2D eigenvalue weighted by molar-refractivity contribution is 7.92. The van der Waals surface area contributed by atoms with Gasteiger partial charge >= 0.3 is 5.97 Å². The van der Waals surface area contributed by atoms with Crippen LogP contribution in [0.15, 0.2) is 103 Å². The standard InChI is InChI=1S/C39H46N2O7S/c1-3-46-39(43)33-16-14-31(15-17-33)32-18-20-34(21-19-32)41(25-29-10-6-4-7-11-29)26-35(42)28-47-36-22-23-38(37(24-36)40-49(2,44)45)48-27-30-12-8-5-9-13-30/h4-17,22-24,32,34-35,40,42H,3,18-21,25-28H2,1-2H3/t32-,34-,35?. The summed E-state index contributed by atoms with van der Waals surface area (Å²) in [6, 6.07) is 32.9. The zero-order valence-electron chi connectivity index (χ0n) is 28.2. The fourth-order valence-corrected chi connectivity index (χ4v) is 6.86. The average Bonchev–Trinajstić information content (AvgIpc) is 3.10. The van der Waals surface area contributed by atoms with E-state index in [1.54, 1.807) is 25.1 Å². The number of nitrogens with one attached hydrogen (secondary N) is 1. The number of nitrogens with zero attached hydrogens (tertiary/aromatic N) is 1. The normalized spacial score (nSPS) is 16.9. The minimum Gasteiger partial charge on any atom is -0.491 e. The van der Waals surface area contributed by atoms with E-state index < -0.39 is 16.1 Å². The van der Waals surface area contributed by atoms with Gasteiger partial charge in [0, 0.05) is 25.2 Å². The summed E-state index contributed by atoms with van der Waals surface area (Å²) in [6.07, 6.45) is 4.29. The molecule has 0 bridgehead atoms. The van der Waals surface area contributed by atoms with Crippen molar-refractivity contribution in [1.82, 2.24) is 4.90 Å². The molecule has 1 saturated carbocycles. The number of esters is 1. The first-order valence-corrected chi connectivity index (χ1v) is 18.7. The van der Waals surface area contributed by atoms with Gasteiger partial charge in [0.25, 0.3) is 0 Å². The van der Waals surface area contributed by atoms with Gasteiger partial charge in [-0.3, -0.25) is 9.62 Å². The van der Waals surface area contributed by atoms with E-state index in [0.717, 1.165) is 37.5 Å². The molecule has 260 valence electrons. The number of carbonyl (C=O) groups is 1. The highest BCUT2D eigenvalue weighted by Gasteiger charge is 2.28. The van der Waals surface area contributed by atoms with E-state index in [4.69, 9.17) is 14.2 Å². The van der Waals surface area contributed by atoms with Gasteiger partial charge in [0.1, 0.15) is 30.8 Å². The molecular weight excluding hydrogens is 641 g/mol. The van der Waals surface area contributed by atoms with Crippen molar-refractivity contribution < 1.29 is 32.5 Å². The Morgan fingerprint density at radius 2 is 1.53 bits per heavy atom. The Labute approximate surface area is 289 Å². The van der Waals surface area contributed by atoms with Crippen LogP contribution in [0.3, 0.4) is 0 Å². The van der Waals surface area contributed by atoms with Gasteiger partial charge in [-0.1, -0.05) is 72.8 Å². The molecule has 0 radical (unpaired) electrons. The molecule has 0 aromatic heterocycles. The molecule has 1 atom stereocenters. The number of ether oxygens (including phenoxy) is 3. The summed E-state index contributed by atoms with van der Waals surface area (Å²) in [4.78, 5) is 14.4. The van der Waals surface area contributed by atoms with Gasteiger partial charge in [0.15, 0.2) is 0 Å². The van der Waals surface area contributed by atoms with E-state index in [-0.39, 0.29) is 30.9 Å². The number of hydrogen-bond acceptors (Lipinski definition) is 8. The molecule has 4 aromatic carbocycles. The second kappa shape index (κ2) is 17.3. The largest absolute Gasteiger partial charge is 0.491 e. The maximum atomic E-state index is 12.1. The predicted octanol–water partition coefficient (Wildman–Crippen LogP) is 6.78. The third-order valence-electron chi connectivity index (χ3n) is 8.71. The molecule has 9 nitrogen and oxygen atoms in total. The summed E-state index contributed by atoms with van der Waals surface area (Å²) < 4.78 is 43.8. The van der Waals surface area contributed by atoms with Gasteiger partial charge in [-0.25, -0.2) is 13.2 Å². The van der Waals surface area contributed by atoms with Crippen molar-refractivity contribution in [2.45, 2.75) is 63.8 Å². The molecule has 0 amide bonds. The van der Waals surface area contributed by atoms with Crippen LogP contribution in [0.25, 0.3) is 0 Å². The summed E-state index contributed by atoms with van der Waals surface area (Å²) >= 11 is 0. The highest BCUT2D eigenvalue weighted by Crippen LogP contribution is 2.36. The third kappa shape index (κ3) is 11.1. The van der Waals surface area contributed by atoms with Crippen LogP contribution in [0.4, 0.5) is 5.69 Å². The van der Waals surface area contributed by atoms with E-state index in [2.05, 4.69) is 21.8 Å². The minimum absolute atomic E-state index is 0.0377. The molecule has 0 heterocycles. The SMILES string of the molecule is CCOC(=O)c1ccc([C@H]2CC[C@H](N(Cc3ccccc3)CC(O)COc3ccc(OCc4ccccc4)c(NS(C)(=O)=O)c3)CC2)cc1. The maximum absolute atomic E-state index is 12.1. The number of carbonyl (C=O) groups excluding carboxylic acids is 1. The van der Waals surface area contributed by atoms with E-state index in [9.17, 15) is 18.3 Å².